The van der Waals surface area contributed by atoms with Crippen LogP contribution in [0.2, 0.25) is 0 Å². The normalized spacial score (nSPS) is 45.2. The summed E-state index contributed by atoms with van der Waals surface area (Å²) in [7, 11) is 1.59. The van der Waals surface area contributed by atoms with Gasteiger partial charge in [0.15, 0.2) is 0 Å². The summed E-state index contributed by atoms with van der Waals surface area (Å²) in [4.78, 5) is 20.6. The molecule has 4 saturated carbocycles. The topological polar surface area (TPSA) is 147 Å². The summed E-state index contributed by atoms with van der Waals surface area (Å²) in [6.45, 7) is 6.76. The summed E-state index contributed by atoms with van der Waals surface area (Å²) in [5.41, 5.74) is -0.143. The molecule has 0 aromatic carbocycles. The van der Waals surface area contributed by atoms with Crippen molar-refractivity contribution in [3.63, 3.8) is 0 Å². The van der Waals surface area contributed by atoms with Crippen LogP contribution in [0.3, 0.4) is 0 Å². The Kier molecular flexibility index (Phi) is 8.94. The van der Waals surface area contributed by atoms with Crippen molar-refractivity contribution in [2.24, 2.45) is 46.3 Å². The fourth-order valence-corrected chi connectivity index (χ4v) is 8.84. The highest BCUT2D eigenvalue weighted by molar-refractivity contribution is 5.68. The minimum Gasteiger partial charge on any atom is -0.481 e. The van der Waals surface area contributed by atoms with Crippen LogP contribution < -0.4 is 5.32 Å². The first-order chi connectivity index (χ1) is 16.4. The molecule has 202 valence electrons. The molecule has 0 heterocycles. The third-order valence-corrected chi connectivity index (χ3v) is 10.7. The Bertz CT molecular complexity index is 762. The predicted octanol–water partition coefficient (Wildman–Crippen LogP) is 2.74. The molecule has 8 nitrogen and oxygen atoms in total. The van der Waals surface area contributed by atoms with Crippen LogP contribution in [0.15, 0.2) is 0 Å². The molecule has 4 aliphatic carbocycles. The van der Waals surface area contributed by atoms with Gasteiger partial charge in [0.2, 0.25) is 0 Å². The Labute approximate surface area is 209 Å². The van der Waals surface area contributed by atoms with Gasteiger partial charge < -0.3 is 30.8 Å². The van der Waals surface area contributed by atoms with Crippen molar-refractivity contribution < 1.29 is 35.1 Å². The van der Waals surface area contributed by atoms with Crippen molar-refractivity contribution in [3.05, 3.63) is 0 Å². The lowest BCUT2D eigenvalue weighted by atomic mass is 9.43. The van der Waals surface area contributed by atoms with Gasteiger partial charge in [-0.1, -0.05) is 20.8 Å². The molecule has 0 unspecified atom stereocenters. The van der Waals surface area contributed by atoms with Crippen molar-refractivity contribution in [3.8, 4) is 0 Å². The van der Waals surface area contributed by atoms with Crippen LogP contribution in [-0.2, 0) is 9.59 Å². The van der Waals surface area contributed by atoms with Crippen LogP contribution in [-0.4, -0.2) is 69.4 Å². The van der Waals surface area contributed by atoms with E-state index >= 15 is 0 Å². The van der Waals surface area contributed by atoms with Crippen molar-refractivity contribution in [1.29, 1.82) is 0 Å². The van der Waals surface area contributed by atoms with Gasteiger partial charge in [-0.3, -0.25) is 9.59 Å². The van der Waals surface area contributed by atoms with Gasteiger partial charge in [0.05, 0.1) is 24.9 Å². The molecule has 0 saturated heterocycles. The average Bonchev–Trinajstić information content (AvgIpc) is 3.13. The lowest BCUT2D eigenvalue weighted by Gasteiger charge is -2.63. The highest BCUT2D eigenvalue weighted by Crippen LogP contribution is 2.68. The average molecular weight is 498 g/mol. The second-order valence-corrected chi connectivity index (χ2v) is 12.4. The highest BCUT2D eigenvalue weighted by atomic mass is 16.4. The van der Waals surface area contributed by atoms with E-state index < -0.39 is 18.0 Å². The first-order valence-corrected chi connectivity index (χ1v) is 13.5. The summed E-state index contributed by atoms with van der Waals surface area (Å²) in [6, 6.07) is 0. The first-order valence-electron chi connectivity index (χ1n) is 13.5. The molecule has 4 aliphatic rings. The van der Waals surface area contributed by atoms with E-state index in [0.717, 1.165) is 44.9 Å². The molecule has 0 aliphatic heterocycles. The standard InChI is InChI=1S/C24H40O5.C3H7NO2/c1-13(4-7-21(28)29)16-5-6-17-22-18(12-20(27)24(16,17)3)23(2)9-8-15(25)10-14(23)11-19(22)26;1-4-2-3(5)6/h13-20,22,25-27H,4-12H2,1-3H3,(H,28,29);4H,2H2,1H3,(H,5,6)/t13-,14+,15-,16-,17+,18+,19-,20+,22+,23+,24-;/m1./s1. The lowest BCUT2D eigenvalue weighted by Crippen LogP contribution is -2.62. The molecule has 6 N–H and O–H groups in total. The van der Waals surface area contributed by atoms with E-state index in [9.17, 15) is 24.9 Å². The zero-order valence-electron chi connectivity index (χ0n) is 21.8. The number of hydrogen-bond donors (Lipinski definition) is 6. The molecule has 11 atom stereocenters. The number of carboxylic acid groups (broad SMARTS) is 2. The molecule has 35 heavy (non-hydrogen) atoms. The van der Waals surface area contributed by atoms with Gasteiger partial charge >= 0.3 is 11.9 Å². The molecule has 0 amide bonds. The zero-order chi connectivity index (χ0) is 26.1. The lowest BCUT2D eigenvalue weighted by molar-refractivity contribution is -0.207. The van der Waals surface area contributed by atoms with E-state index in [1.54, 1.807) is 7.05 Å². The monoisotopic (exact) mass is 497 g/mol. The highest BCUT2D eigenvalue weighted by Gasteiger charge is 2.65. The van der Waals surface area contributed by atoms with Crippen LogP contribution >= 0.6 is 0 Å². The number of aliphatic carboxylic acids is 2. The Hall–Kier alpha value is -1.22. The largest absolute Gasteiger partial charge is 0.481 e. The van der Waals surface area contributed by atoms with Gasteiger partial charge in [0.25, 0.3) is 0 Å². The van der Waals surface area contributed by atoms with Gasteiger partial charge in [0.1, 0.15) is 0 Å². The fraction of sp³-hybridized carbons (Fsp3) is 0.926. The maximum atomic E-state index is 11.5. The van der Waals surface area contributed by atoms with Crippen LogP contribution in [0.25, 0.3) is 0 Å². The number of fused-ring (bicyclic) bond motifs is 5. The van der Waals surface area contributed by atoms with E-state index in [1.807, 2.05) is 0 Å². The summed E-state index contributed by atoms with van der Waals surface area (Å²) >= 11 is 0. The van der Waals surface area contributed by atoms with Gasteiger partial charge in [0, 0.05) is 6.42 Å². The van der Waals surface area contributed by atoms with Gasteiger partial charge in [-0.2, -0.15) is 0 Å². The number of aliphatic hydroxyl groups excluding tert-OH is 3. The van der Waals surface area contributed by atoms with Crippen molar-refractivity contribution in [2.45, 2.75) is 96.9 Å². The quantitative estimate of drug-likeness (QED) is 0.328. The Morgan fingerprint density at radius 2 is 1.66 bits per heavy atom. The third-order valence-electron chi connectivity index (χ3n) is 10.7. The zero-order valence-corrected chi connectivity index (χ0v) is 21.8. The Balaban J connectivity index is 0.000000509. The maximum absolute atomic E-state index is 11.5. The van der Waals surface area contributed by atoms with Crippen LogP contribution in [0, 0.1) is 46.3 Å². The molecule has 4 rings (SSSR count). The number of aliphatic hydroxyl groups is 3. The SMILES string of the molecule is CNCC(=O)O.C[C@H](CCC(=O)O)[C@H]1CC[C@H]2[C@@H]3[C@H](O)C[C@@H]4C[C@H](O)CC[C@]4(C)[C@H]3C[C@H](O)[C@]12C. The number of nitrogens with one attached hydrogen (secondary N) is 1. The molecular weight excluding hydrogens is 450 g/mol. The Morgan fingerprint density at radius 3 is 2.23 bits per heavy atom. The second kappa shape index (κ2) is 11.0. The number of rotatable bonds is 6. The summed E-state index contributed by atoms with van der Waals surface area (Å²) in [5, 5.41) is 52.3. The second-order valence-electron chi connectivity index (χ2n) is 12.4. The van der Waals surface area contributed by atoms with E-state index in [4.69, 9.17) is 10.2 Å². The molecule has 4 fully saturated rings. The van der Waals surface area contributed by atoms with E-state index in [2.05, 4.69) is 26.1 Å². The number of hydrogen-bond acceptors (Lipinski definition) is 6. The number of likely N-dealkylation sites (N-methyl/N-ethyl adjacent to an activating group) is 1. The molecular formula is C27H47NO7. The van der Waals surface area contributed by atoms with Gasteiger partial charge in [-0.05, 0) is 105 Å². The van der Waals surface area contributed by atoms with E-state index in [-0.39, 0.29) is 47.8 Å². The predicted molar refractivity (Wildman–Crippen MR) is 132 cm³/mol. The fourth-order valence-electron chi connectivity index (χ4n) is 8.84. The number of carbonyl (C=O) groups is 2. The van der Waals surface area contributed by atoms with Crippen LogP contribution in [0.1, 0.15) is 78.6 Å². The van der Waals surface area contributed by atoms with E-state index in [0.29, 0.717) is 30.1 Å². The summed E-state index contributed by atoms with van der Waals surface area (Å²) in [5.74, 6) is 0.176. The minimum atomic E-state index is -0.822. The maximum Gasteiger partial charge on any atom is 0.317 e. The molecule has 8 heteroatoms. The molecule has 0 aromatic heterocycles. The van der Waals surface area contributed by atoms with E-state index in [1.165, 1.54) is 0 Å². The van der Waals surface area contributed by atoms with Gasteiger partial charge in [-0.15, -0.1) is 0 Å². The summed E-state index contributed by atoms with van der Waals surface area (Å²) < 4.78 is 0. The van der Waals surface area contributed by atoms with Crippen molar-refractivity contribution >= 4 is 11.9 Å². The first kappa shape index (κ1) is 28.4. The van der Waals surface area contributed by atoms with Crippen LogP contribution in [0.4, 0.5) is 0 Å². The minimum absolute atomic E-state index is 0.0417. The number of carboxylic acids is 2. The summed E-state index contributed by atoms with van der Waals surface area (Å²) in [6.07, 6.45) is 6.00. The molecule has 0 aromatic rings. The molecule has 0 radical (unpaired) electrons. The smallest absolute Gasteiger partial charge is 0.317 e. The van der Waals surface area contributed by atoms with Crippen molar-refractivity contribution in [2.75, 3.05) is 13.6 Å². The third kappa shape index (κ3) is 5.41. The van der Waals surface area contributed by atoms with Crippen LogP contribution in [0.5, 0.6) is 0 Å². The van der Waals surface area contributed by atoms with Gasteiger partial charge in [-0.25, -0.2) is 0 Å². The van der Waals surface area contributed by atoms with Crippen molar-refractivity contribution in [1.82, 2.24) is 5.32 Å². The molecule has 0 spiro atoms. The molecule has 0 bridgehead atoms. The Morgan fingerprint density at radius 1 is 0.971 bits per heavy atom.